The van der Waals surface area contributed by atoms with Gasteiger partial charge in [-0.25, -0.2) is 4.98 Å². The van der Waals surface area contributed by atoms with Gasteiger partial charge in [-0.3, -0.25) is 4.90 Å². The first-order chi connectivity index (χ1) is 11.7. The van der Waals surface area contributed by atoms with Gasteiger partial charge in [-0.2, -0.15) is 0 Å². The van der Waals surface area contributed by atoms with Gasteiger partial charge in [-0.1, -0.05) is 24.3 Å². The Balaban J connectivity index is 1.62. The molecule has 24 heavy (non-hydrogen) atoms. The first kappa shape index (κ1) is 16.8. The molecule has 0 amide bonds. The second-order valence-corrected chi connectivity index (χ2v) is 6.82. The summed E-state index contributed by atoms with van der Waals surface area (Å²) >= 11 is 1.63. The lowest BCUT2D eigenvalue weighted by atomic mass is 10.1. The standard InChI is InChI=1S/C18H23N3O2S/c1-22-15-7-3-5-13(17(15)23-2)6-4-10-21-11-8-14-16(9-12-21)24-18(19)20-14/h3-7H,8-12H2,1-2H3,(H2,19,20)/b6-4+. The van der Waals surface area contributed by atoms with Gasteiger partial charge in [0.25, 0.3) is 0 Å². The van der Waals surface area contributed by atoms with Gasteiger partial charge in [0.2, 0.25) is 0 Å². The average Bonchev–Trinajstić information content (AvgIpc) is 2.85. The second kappa shape index (κ2) is 7.68. The summed E-state index contributed by atoms with van der Waals surface area (Å²) < 4.78 is 10.8. The molecule has 0 saturated heterocycles. The minimum atomic E-state index is 0.693. The molecule has 2 heterocycles. The molecule has 2 N–H and O–H groups in total. The molecule has 0 spiro atoms. The summed E-state index contributed by atoms with van der Waals surface area (Å²) in [4.78, 5) is 8.22. The molecule has 5 nitrogen and oxygen atoms in total. The highest BCUT2D eigenvalue weighted by atomic mass is 32.1. The van der Waals surface area contributed by atoms with Gasteiger partial charge < -0.3 is 15.2 Å². The van der Waals surface area contributed by atoms with Crippen molar-refractivity contribution in [1.82, 2.24) is 9.88 Å². The molecule has 0 unspecified atom stereocenters. The number of thiazole rings is 1. The van der Waals surface area contributed by atoms with Crippen LogP contribution in [0.5, 0.6) is 11.5 Å². The Hall–Kier alpha value is -2.05. The Bertz CT molecular complexity index is 702. The molecule has 0 fully saturated rings. The van der Waals surface area contributed by atoms with Crippen LogP contribution in [0.1, 0.15) is 16.1 Å². The van der Waals surface area contributed by atoms with E-state index in [1.807, 2.05) is 18.2 Å². The molecular weight excluding hydrogens is 322 g/mol. The second-order valence-electron chi connectivity index (χ2n) is 5.71. The van der Waals surface area contributed by atoms with E-state index in [0.29, 0.717) is 5.13 Å². The van der Waals surface area contributed by atoms with Crippen molar-refractivity contribution in [3.63, 3.8) is 0 Å². The first-order valence-corrected chi connectivity index (χ1v) is 8.87. The Kier molecular flexibility index (Phi) is 5.37. The number of para-hydroxylation sites is 1. The van der Waals surface area contributed by atoms with Crippen LogP contribution in [0.15, 0.2) is 24.3 Å². The maximum atomic E-state index is 5.80. The smallest absolute Gasteiger partial charge is 0.180 e. The highest BCUT2D eigenvalue weighted by molar-refractivity contribution is 7.15. The van der Waals surface area contributed by atoms with E-state index in [0.717, 1.165) is 49.5 Å². The number of methoxy groups -OCH3 is 2. The minimum absolute atomic E-state index is 0.693. The normalized spacial score (nSPS) is 15.2. The van der Waals surface area contributed by atoms with Crippen LogP contribution in [0.3, 0.4) is 0 Å². The molecule has 0 saturated carbocycles. The molecule has 6 heteroatoms. The van der Waals surface area contributed by atoms with Crippen molar-refractivity contribution < 1.29 is 9.47 Å². The fourth-order valence-corrected chi connectivity index (χ4v) is 3.85. The summed E-state index contributed by atoms with van der Waals surface area (Å²) in [5, 5.41) is 0.693. The lowest BCUT2D eigenvalue weighted by Gasteiger charge is -2.17. The van der Waals surface area contributed by atoms with Gasteiger partial charge >= 0.3 is 0 Å². The number of rotatable bonds is 5. The molecule has 1 aliphatic heterocycles. The first-order valence-electron chi connectivity index (χ1n) is 8.05. The third-order valence-corrected chi connectivity index (χ3v) is 5.20. The van der Waals surface area contributed by atoms with Gasteiger partial charge in [0.1, 0.15) is 0 Å². The molecular formula is C18H23N3O2S. The topological polar surface area (TPSA) is 60.6 Å². The fraction of sp³-hybridized carbons (Fsp3) is 0.389. The van der Waals surface area contributed by atoms with Crippen LogP contribution >= 0.6 is 11.3 Å². The summed E-state index contributed by atoms with van der Waals surface area (Å²) in [5.41, 5.74) is 8.01. The van der Waals surface area contributed by atoms with E-state index < -0.39 is 0 Å². The van der Waals surface area contributed by atoms with Crippen LogP contribution in [0.25, 0.3) is 6.08 Å². The number of anilines is 1. The predicted molar refractivity (Wildman–Crippen MR) is 99.0 cm³/mol. The van der Waals surface area contributed by atoms with Crippen molar-refractivity contribution >= 4 is 22.5 Å². The fourth-order valence-electron chi connectivity index (χ4n) is 2.98. The zero-order valence-corrected chi connectivity index (χ0v) is 14.9. The van der Waals surface area contributed by atoms with Gasteiger partial charge in [0, 0.05) is 36.5 Å². The molecule has 2 aromatic rings. The molecule has 0 aliphatic carbocycles. The highest BCUT2D eigenvalue weighted by Gasteiger charge is 2.16. The van der Waals surface area contributed by atoms with Crippen molar-refractivity contribution in [1.29, 1.82) is 0 Å². The SMILES string of the molecule is COc1cccc(/C=C/CN2CCc3nc(N)sc3CC2)c1OC. The van der Waals surface area contributed by atoms with Crippen molar-refractivity contribution in [2.45, 2.75) is 12.8 Å². The molecule has 0 bridgehead atoms. The maximum Gasteiger partial charge on any atom is 0.180 e. The third kappa shape index (κ3) is 3.71. The molecule has 128 valence electrons. The van der Waals surface area contributed by atoms with Crippen molar-refractivity contribution in [3.8, 4) is 11.5 Å². The van der Waals surface area contributed by atoms with Crippen molar-refractivity contribution in [3.05, 3.63) is 40.4 Å². The molecule has 1 aromatic heterocycles. The van der Waals surface area contributed by atoms with Crippen LogP contribution < -0.4 is 15.2 Å². The number of hydrogen-bond acceptors (Lipinski definition) is 6. The molecule has 0 atom stereocenters. The number of aromatic nitrogens is 1. The average molecular weight is 345 g/mol. The van der Waals surface area contributed by atoms with Gasteiger partial charge in [-0.15, -0.1) is 11.3 Å². The summed E-state index contributed by atoms with van der Waals surface area (Å²) in [6.45, 7) is 2.95. The van der Waals surface area contributed by atoms with Crippen LogP contribution in [-0.4, -0.2) is 43.7 Å². The number of nitrogen functional groups attached to an aromatic ring is 1. The number of ether oxygens (including phenoxy) is 2. The minimum Gasteiger partial charge on any atom is -0.493 e. The summed E-state index contributed by atoms with van der Waals surface area (Å²) in [5.74, 6) is 1.52. The Morgan fingerprint density at radius 2 is 2.08 bits per heavy atom. The van der Waals surface area contributed by atoms with Crippen LogP contribution in [0.2, 0.25) is 0 Å². The number of fused-ring (bicyclic) bond motifs is 1. The predicted octanol–water partition coefficient (Wildman–Crippen LogP) is 2.86. The highest BCUT2D eigenvalue weighted by Crippen LogP contribution is 2.31. The summed E-state index contributed by atoms with van der Waals surface area (Å²) in [7, 11) is 3.32. The zero-order chi connectivity index (χ0) is 16.9. The number of nitrogens with zero attached hydrogens (tertiary/aromatic N) is 2. The van der Waals surface area contributed by atoms with Crippen LogP contribution in [0, 0.1) is 0 Å². The quantitative estimate of drug-likeness (QED) is 0.903. The van der Waals surface area contributed by atoms with Crippen molar-refractivity contribution in [2.24, 2.45) is 0 Å². The van der Waals surface area contributed by atoms with E-state index >= 15 is 0 Å². The Morgan fingerprint density at radius 3 is 2.88 bits per heavy atom. The van der Waals surface area contributed by atoms with E-state index in [4.69, 9.17) is 15.2 Å². The third-order valence-electron chi connectivity index (χ3n) is 4.21. The van der Waals surface area contributed by atoms with Gasteiger partial charge in [0.05, 0.1) is 19.9 Å². The number of hydrogen-bond donors (Lipinski definition) is 1. The Labute approximate surface area is 146 Å². The summed E-state index contributed by atoms with van der Waals surface area (Å²) in [6.07, 6.45) is 6.27. The van der Waals surface area contributed by atoms with E-state index in [1.165, 1.54) is 10.6 Å². The molecule has 1 aliphatic rings. The van der Waals surface area contributed by atoms with E-state index in [2.05, 4.69) is 22.0 Å². The maximum absolute atomic E-state index is 5.80. The summed E-state index contributed by atoms with van der Waals surface area (Å²) in [6, 6.07) is 5.91. The lowest BCUT2D eigenvalue weighted by molar-refractivity contribution is 0.318. The molecule has 0 radical (unpaired) electrons. The zero-order valence-electron chi connectivity index (χ0n) is 14.1. The van der Waals surface area contributed by atoms with E-state index in [1.54, 1.807) is 25.6 Å². The molecule has 3 rings (SSSR count). The molecule has 1 aromatic carbocycles. The van der Waals surface area contributed by atoms with E-state index in [9.17, 15) is 0 Å². The largest absolute Gasteiger partial charge is 0.493 e. The number of nitrogens with two attached hydrogens (primary N) is 1. The van der Waals surface area contributed by atoms with Crippen LogP contribution in [-0.2, 0) is 12.8 Å². The van der Waals surface area contributed by atoms with Crippen molar-refractivity contribution in [2.75, 3.05) is 39.6 Å². The lowest BCUT2D eigenvalue weighted by Crippen LogP contribution is -2.26. The monoisotopic (exact) mass is 345 g/mol. The van der Waals surface area contributed by atoms with Crippen LogP contribution in [0.4, 0.5) is 5.13 Å². The van der Waals surface area contributed by atoms with Gasteiger partial charge in [0.15, 0.2) is 16.6 Å². The van der Waals surface area contributed by atoms with E-state index in [-0.39, 0.29) is 0 Å². The number of benzene rings is 1. The van der Waals surface area contributed by atoms with Gasteiger partial charge in [-0.05, 0) is 12.5 Å². The Morgan fingerprint density at radius 1 is 1.25 bits per heavy atom.